The number of benzene rings is 1. The molecule has 14 heteroatoms. The smallest absolute Gasteiger partial charge is 0.297 e. The molecule has 0 aliphatic heterocycles. The van der Waals surface area contributed by atoms with Gasteiger partial charge in [-0.15, -0.1) is 0 Å². The summed E-state index contributed by atoms with van der Waals surface area (Å²) in [6.07, 6.45) is 0. The van der Waals surface area contributed by atoms with Gasteiger partial charge in [0.05, 0.1) is 130 Å². The zero-order valence-electron chi connectivity index (χ0n) is 25.3. The van der Waals surface area contributed by atoms with Gasteiger partial charge in [-0.1, -0.05) is 18.2 Å². The third-order valence-corrected chi connectivity index (χ3v) is 6.48. The van der Waals surface area contributed by atoms with Gasteiger partial charge in [0.25, 0.3) is 10.1 Å². The Hall–Kier alpha value is -1.27. The van der Waals surface area contributed by atoms with Gasteiger partial charge in [-0.2, -0.15) is 8.42 Å². The average molecular weight is 626 g/mol. The average Bonchev–Trinajstić information content (AvgIpc) is 2.98. The van der Waals surface area contributed by atoms with E-state index in [9.17, 15) is 8.42 Å². The molecule has 0 bridgehead atoms. The summed E-state index contributed by atoms with van der Waals surface area (Å²) in [5.74, 6) is 0. The first-order valence-electron chi connectivity index (χ1n) is 14.3. The Morgan fingerprint density at radius 2 is 0.738 bits per heavy atom. The summed E-state index contributed by atoms with van der Waals surface area (Å²) in [6.45, 7) is 9.47. The van der Waals surface area contributed by atoms with Crippen molar-refractivity contribution in [2.24, 2.45) is 0 Å². The molecule has 0 fully saturated rings. The summed E-state index contributed by atoms with van der Waals surface area (Å²) >= 11 is 0. The Balaban J connectivity index is 1.68. The van der Waals surface area contributed by atoms with Crippen LogP contribution in [0.2, 0.25) is 0 Å². The summed E-state index contributed by atoms with van der Waals surface area (Å²) in [4.78, 5) is 2.20. The molecule has 1 aromatic carbocycles. The second-order valence-electron chi connectivity index (χ2n) is 8.90. The van der Waals surface area contributed by atoms with E-state index in [0.717, 1.165) is 6.54 Å². The Bertz CT molecular complexity index is 801. The van der Waals surface area contributed by atoms with Gasteiger partial charge in [0.1, 0.15) is 0 Å². The fraction of sp³-hybridized carbons (Fsp3) is 0.786. The van der Waals surface area contributed by atoms with Crippen LogP contribution in [0.3, 0.4) is 0 Å². The highest BCUT2D eigenvalue weighted by Crippen LogP contribution is 2.10. The summed E-state index contributed by atoms with van der Waals surface area (Å²) in [6, 6.07) is 7.98. The van der Waals surface area contributed by atoms with Crippen LogP contribution in [0.5, 0.6) is 0 Å². The summed E-state index contributed by atoms with van der Waals surface area (Å²) < 4.78 is 77.7. The molecule has 0 aromatic heterocycles. The summed E-state index contributed by atoms with van der Waals surface area (Å²) in [7, 11) is 0.276. The van der Waals surface area contributed by atoms with Gasteiger partial charge in [-0.3, -0.25) is 4.18 Å². The molecule has 13 nitrogen and oxygen atoms in total. The molecule has 1 rings (SSSR count). The van der Waals surface area contributed by atoms with Crippen molar-refractivity contribution in [2.75, 3.05) is 146 Å². The zero-order valence-corrected chi connectivity index (χ0v) is 26.1. The topological polar surface area (TPSA) is 130 Å². The van der Waals surface area contributed by atoms with Crippen LogP contribution in [0.1, 0.15) is 0 Å². The van der Waals surface area contributed by atoms with E-state index in [4.69, 9.17) is 46.8 Å². The van der Waals surface area contributed by atoms with Gasteiger partial charge in [0.2, 0.25) is 0 Å². The van der Waals surface area contributed by atoms with Crippen LogP contribution in [0.25, 0.3) is 0 Å². The molecule has 0 aliphatic carbocycles. The van der Waals surface area contributed by atoms with Gasteiger partial charge < -0.3 is 47.5 Å². The van der Waals surface area contributed by atoms with Crippen LogP contribution < -0.4 is 0 Å². The Labute approximate surface area is 251 Å². The lowest BCUT2D eigenvalue weighted by atomic mass is 10.4. The Kier molecular flexibility index (Phi) is 26.3. The molecule has 0 N–H and O–H groups in total. The maximum Gasteiger partial charge on any atom is 0.297 e. The molecule has 246 valence electrons. The normalized spacial score (nSPS) is 12.0. The third kappa shape index (κ3) is 25.2. The molecule has 0 atom stereocenters. The molecule has 0 radical (unpaired) electrons. The first kappa shape index (κ1) is 38.8. The fourth-order valence-electron chi connectivity index (χ4n) is 2.97. The van der Waals surface area contributed by atoms with Crippen molar-refractivity contribution in [3.05, 3.63) is 30.3 Å². The van der Waals surface area contributed by atoms with E-state index in [2.05, 4.69) is 4.90 Å². The van der Waals surface area contributed by atoms with Gasteiger partial charge in [0.15, 0.2) is 0 Å². The minimum atomic E-state index is -3.75. The van der Waals surface area contributed by atoms with Gasteiger partial charge in [0, 0.05) is 6.54 Å². The molecule has 0 saturated carbocycles. The van der Waals surface area contributed by atoms with E-state index in [1.165, 1.54) is 12.1 Å². The van der Waals surface area contributed by atoms with E-state index in [1.54, 1.807) is 18.2 Å². The second kappa shape index (κ2) is 28.5. The summed E-state index contributed by atoms with van der Waals surface area (Å²) in [5, 5.41) is 0. The van der Waals surface area contributed by atoms with Crippen molar-refractivity contribution in [3.8, 4) is 0 Å². The number of nitrogens with zero attached hydrogens (tertiary/aromatic N) is 1. The lowest BCUT2D eigenvalue weighted by Crippen LogP contribution is -2.19. The predicted molar refractivity (Wildman–Crippen MR) is 156 cm³/mol. The molecule has 0 saturated heterocycles. The van der Waals surface area contributed by atoms with Crippen LogP contribution in [0, 0.1) is 0 Å². The highest BCUT2D eigenvalue weighted by atomic mass is 32.2. The molecule has 42 heavy (non-hydrogen) atoms. The minimum absolute atomic E-state index is 0.0549. The zero-order chi connectivity index (χ0) is 30.4. The van der Waals surface area contributed by atoms with E-state index in [1.807, 2.05) is 14.1 Å². The maximum absolute atomic E-state index is 11.9. The Morgan fingerprint density at radius 3 is 1.05 bits per heavy atom. The molecule has 0 spiro atoms. The molecule has 0 amide bonds. The van der Waals surface area contributed by atoms with Crippen LogP contribution in [0.15, 0.2) is 35.2 Å². The number of hydrogen-bond donors (Lipinski definition) is 0. The maximum atomic E-state index is 11.9. The van der Waals surface area contributed by atoms with Crippen LogP contribution >= 0.6 is 0 Å². The van der Waals surface area contributed by atoms with Crippen molar-refractivity contribution < 1.29 is 55.2 Å². The molecule has 0 heterocycles. The molecule has 0 unspecified atom stereocenters. The Morgan fingerprint density at radius 1 is 0.452 bits per heavy atom. The third-order valence-electron chi connectivity index (χ3n) is 5.16. The number of ether oxygens (including phenoxy) is 9. The first-order valence-corrected chi connectivity index (χ1v) is 15.7. The van der Waals surface area contributed by atoms with Gasteiger partial charge in [-0.05, 0) is 26.2 Å². The minimum Gasteiger partial charge on any atom is -0.378 e. The monoisotopic (exact) mass is 625 g/mol. The van der Waals surface area contributed by atoms with Crippen LogP contribution in [0.4, 0.5) is 0 Å². The van der Waals surface area contributed by atoms with Gasteiger partial charge in [-0.25, -0.2) is 0 Å². The fourth-order valence-corrected chi connectivity index (χ4v) is 3.88. The van der Waals surface area contributed by atoms with Gasteiger partial charge >= 0.3 is 0 Å². The quantitative estimate of drug-likeness (QED) is 0.0838. The lowest BCUT2D eigenvalue weighted by Gasteiger charge is -2.10. The largest absolute Gasteiger partial charge is 0.378 e. The SMILES string of the molecule is CN(C)CCOCCOCCOCCOCCOCCOCCOCCOCCOCCOS(=O)(=O)c1ccccc1. The highest BCUT2D eigenvalue weighted by molar-refractivity contribution is 7.86. The van der Waals surface area contributed by atoms with Crippen molar-refractivity contribution >= 4 is 10.1 Å². The second-order valence-corrected chi connectivity index (χ2v) is 10.5. The van der Waals surface area contributed by atoms with Crippen molar-refractivity contribution in [2.45, 2.75) is 4.90 Å². The van der Waals surface area contributed by atoms with Crippen LogP contribution in [-0.2, 0) is 56.9 Å². The number of rotatable bonds is 32. The number of hydrogen-bond acceptors (Lipinski definition) is 13. The molecular formula is C28H51NO12S. The molecule has 0 aliphatic rings. The number of likely N-dealkylation sites (N-methyl/N-ethyl adjacent to an activating group) is 1. The molecule has 1 aromatic rings. The highest BCUT2D eigenvalue weighted by Gasteiger charge is 2.13. The standard InChI is InChI=1S/C28H51NO12S/c1-29(2)8-9-32-10-11-33-12-13-34-14-15-35-16-17-36-18-19-37-20-21-38-22-23-39-24-25-40-26-27-41-42(30,31)28-6-4-3-5-7-28/h3-7H,8-27H2,1-2H3. The van der Waals surface area contributed by atoms with E-state index < -0.39 is 10.1 Å². The summed E-state index contributed by atoms with van der Waals surface area (Å²) in [5.41, 5.74) is 0. The predicted octanol–water partition coefficient (Wildman–Crippen LogP) is 1.10. The lowest BCUT2D eigenvalue weighted by molar-refractivity contribution is -0.0255. The van der Waals surface area contributed by atoms with Crippen molar-refractivity contribution in [1.82, 2.24) is 4.90 Å². The van der Waals surface area contributed by atoms with E-state index >= 15 is 0 Å². The molecular weight excluding hydrogens is 574 g/mol. The van der Waals surface area contributed by atoms with Crippen molar-refractivity contribution in [3.63, 3.8) is 0 Å². The van der Waals surface area contributed by atoms with Crippen LogP contribution in [-0.4, -0.2) is 159 Å². The first-order chi connectivity index (χ1) is 20.5. The van der Waals surface area contributed by atoms with E-state index in [-0.39, 0.29) is 18.1 Å². The van der Waals surface area contributed by atoms with E-state index in [0.29, 0.717) is 112 Å². The van der Waals surface area contributed by atoms with Crippen molar-refractivity contribution in [1.29, 1.82) is 0 Å².